The Bertz CT molecular complexity index is 946. The summed E-state index contributed by atoms with van der Waals surface area (Å²) in [5.74, 6) is 2.00. The summed E-state index contributed by atoms with van der Waals surface area (Å²) >= 11 is 1.44. The number of furan rings is 1. The number of amides is 1. The number of carbonyl (C=O) groups is 1. The lowest BCUT2D eigenvalue weighted by molar-refractivity contribution is 0.0921. The van der Waals surface area contributed by atoms with Crippen molar-refractivity contribution in [2.24, 2.45) is 0 Å². The Morgan fingerprint density at radius 2 is 2.14 bits per heavy atom. The van der Waals surface area contributed by atoms with Gasteiger partial charge in [-0.2, -0.15) is 0 Å². The zero-order valence-electron chi connectivity index (χ0n) is 16.6. The molecule has 1 amide bonds. The molecule has 0 saturated heterocycles. The van der Waals surface area contributed by atoms with Gasteiger partial charge in [-0.3, -0.25) is 9.78 Å². The molecule has 1 N–H and O–H groups in total. The van der Waals surface area contributed by atoms with Crippen LogP contribution in [0.5, 0.6) is 0 Å². The molecule has 0 spiro atoms. The lowest BCUT2D eigenvalue weighted by Gasteiger charge is -2.13. The average molecular weight is 414 g/mol. The first kappa shape index (κ1) is 20.8. The molecule has 152 valence electrons. The molecule has 9 heteroatoms. The molecular formula is C20H23N5O3S. The molecule has 0 atom stereocenters. The van der Waals surface area contributed by atoms with Gasteiger partial charge in [0.1, 0.15) is 11.6 Å². The number of methoxy groups -OCH3 is 1. The fraction of sp³-hybridized carbons (Fsp3) is 0.300. The van der Waals surface area contributed by atoms with E-state index in [1.54, 1.807) is 31.6 Å². The molecule has 3 rings (SSSR count). The summed E-state index contributed by atoms with van der Waals surface area (Å²) in [5.41, 5.74) is 1.73. The maximum Gasteiger partial charge on any atom is 0.287 e. The Labute approximate surface area is 173 Å². The molecule has 3 heterocycles. The van der Waals surface area contributed by atoms with E-state index in [4.69, 9.17) is 9.15 Å². The molecular weight excluding hydrogens is 390 g/mol. The maximum atomic E-state index is 12.3. The third-order valence-corrected chi connectivity index (χ3v) is 4.77. The van der Waals surface area contributed by atoms with E-state index in [2.05, 4.69) is 20.3 Å². The minimum atomic E-state index is -0.265. The summed E-state index contributed by atoms with van der Waals surface area (Å²) in [6, 6.07) is 9.08. The highest BCUT2D eigenvalue weighted by molar-refractivity contribution is 7.98. The molecule has 0 aliphatic carbocycles. The molecule has 0 aromatic carbocycles. The predicted molar refractivity (Wildman–Crippen MR) is 111 cm³/mol. The van der Waals surface area contributed by atoms with Crippen LogP contribution < -0.4 is 10.2 Å². The first-order valence-electron chi connectivity index (χ1n) is 8.98. The van der Waals surface area contributed by atoms with Crippen LogP contribution >= 0.6 is 11.8 Å². The van der Waals surface area contributed by atoms with Crippen LogP contribution in [0, 0.1) is 0 Å². The van der Waals surface area contributed by atoms with Crippen molar-refractivity contribution in [3.63, 3.8) is 0 Å². The van der Waals surface area contributed by atoms with Crippen LogP contribution in [0.25, 0.3) is 0 Å². The fourth-order valence-corrected chi connectivity index (χ4v) is 3.23. The van der Waals surface area contributed by atoms with Gasteiger partial charge in [0.15, 0.2) is 10.9 Å². The topological polar surface area (TPSA) is 93.4 Å². The van der Waals surface area contributed by atoms with Crippen molar-refractivity contribution in [2.45, 2.75) is 24.1 Å². The number of hydrogen-bond donors (Lipinski definition) is 1. The molecule has 0 bridgehead atoms. The van der Waals surface area contributed by atoms with E-state index in [1.807, 2.05) is 37.2 Å². The zero-order chi connectivity index (χ0) is 20.6. The summed E-state index contributed by atoms with van der Waals surface area (Å²) in [4.78, 5) is 27.2. The molecule has 0 aliphatic rings. The van der Waals surface area contributed by atoms with E-state index in [9.17, 15) is 4.79 Å². The number of nitrogens with zero attached hydrogens (tertiary/aromatic N) is 4. The first-order chi connectivity index (χ1) is 14.0. The highest BCUT2D eigenvalue weighted by Gasteiger charge is 2.13. The van der Waals surface area contributed by atoms with Gasteiger partial charge in [0.25, 0.3) is 5.91 Å². The lowest BCUT2D eigenvalue weighted by Crippen LogP contribution is -2.22. The number of ether oxygens (including phenoxy) is 1. The van der Waals surface area contributed by atoms with Crippen molar-refractivity contribution in [3.8, 4) is 0 Å². The van der Waals surface area contributed by atoms with Crippen LogP contribution in [0.15, 0.2) is 52.3 Å². The highest BCUT2D eigenvalue weighted by atomic mass is 32.2. The van der Waals surface area contributed by atoms with Crippen molar-refractivity contribution in [3.05, 3.63) is 65.5 Å². The van der Waals surface area contributed by atoms with Crippen LogP contribution in [0.2, 0.25) is 0 Å². The summed E-state index contributed by atoms with van der Waals surface area (Å²) in [6.45, 7) is 0.809. The molecule has 0 saturated carbocycles. The standard InChI is InChI=1S/C20H23N5O3S/c1-25(2)18-9-15(12-27-3)23-20(24-18)29-13-16-6-7-17(28-16)19(26)22-11-14-5-4-8-21-10-14/h4-10H,11-13H2,1-3H3,(H,22,26). The van der Waals surface area contributed by atoms with E-state index >= 15 is 0 Å². The van der Waals surface area contributed by atoms with Gasteiger partial charge in [0, 0.05) is 46.2 Å². The molecule has 3 aromatic heterocycles. The van der Waals surface area contributed by atoms with Gasteiger partial charge >= 0.3 is 0 Å². The summed E-state index contributed by atoms with van der Waals surface area (Å²) in [6.07, 6.45) is 3.40. The van der Waals surface area contributed by atoms with E-state index in [0.717, 1.165) is 17.1 Å². The Morgan fingerprint density at radius 1 is 1.28 bits per heavy atom. The largest absolute Gasteiger partial charge is 0.455 e. The highest BCUT2D eigenvalue weighted by Crippen LogP contribution is 2.23. The van der Waals surface area contributed by atoms with Gasteiger partial charge in [-0.1, -0.05) is 17.8 Å². The van der Waals surface area contributed by atoms with Crippen molar-refractivity contribution in [2.75, 3.05) is 26.1 Å². The third-order valence-electron chi connectivity index (χ3n) is 3.90. The van der Waals surface area contributed by atoms with Crippen molar-refractivity contribution >= 4 is 23.5 Å². The molecule has 8 nitrogen and oxygen atoms in total. The van der Waals surface area contributed by atoms with Crippen molar-refractivity contribution in [1.29, 1.82) is 0 Å². The van der Waals surface area contributed by atoms with Gasteiger partial charge in [-0.25, -0.2) is 9.97 Å². The van der Waals surface area contributed by atoms with Crippen LogP contribution in [0.4, 0.5) is 5.82 Å². The van der Waals surface area contributed by atoms with Gasteiger partial charge in [0.2, 0.25) is 0 Å². The predicted octanol–water partition coefficient (Wildman–Crippen LogP) is 2.90. The van der Waals surface area contributed by atoms with Crippen LogP contribution in [0.1, 0.15) is 27.6 Å². The minimum Gasteiger partial charge on any atom is -0.455 e. The Balaban J connectivity index is 1.59. The van der Waals surface area contributed by atoms with Crippen molar-refractivity contribution in [1.82, 2.24) is 20.3 Å². The molecule has 0 fully saturated rings. The molecule has 0 aliphatic heterocycles. The quantitative estimate of drug-likeness (QED) is 0.423. The number of aromatic nitrogens is 3. The first-order valence-corrected chi connectivity index (χ1v) is 9.96. The second-order valence-electron chi connectivity index (χ2n) is 6.43. The fourth-order valence-electron chi connectivity index (χ4n) is 2.46. The number of carbonyl (C=O) groups excluding carboxylic acids is 1. The SMILES string of the molecule is COCc1cc(N(C)C)nc(SCc2ccc(C(=O)NCc3cccnc3)o2)n1. The van der Waals surface area contributed by atoms with Gasteiger partial charge in [-0.15, -0.1) is 0 Å². The summed E-state index contributed by atoms with van der Waals surface area (Å²) in [7, 11) is 5.49. The molecule has 3 aromatic rings. The summed E-state index contributed by atoms with van der Waals surface area (Å²) < 4.78 is 10.9. The Morgan fingerprint density at radius 3 is 2.86 bits per heavy atom. The average Bonchev–Trinajstić information content (AvgIpc) is 3.20. The van der Waals surface area contributed by atoms with E-state index < -0.39 is 0 Å². The smallest absolute Gasteiger partial charge is 0.287 e. The number of pyridine rings is 1. The number of anilines is 1. The van der Waals surface area contributed by atoms with E-state index in [-0.39, 0.29) is 11.7 Å². The van der Waals surface area contributed by atoms with Gasteiger partial charge in [0.05, 0.1) is 18.1 Å². The molecule has 29 heavy (non-hydrogen) atoms. The summed E-state index contributed by atoms with van der Waals surface area (Å²) in [5, 5.41) is 3.45. The second-order valence-corrected chi connectivity index (χ2v) is 7.37. The van der Waals surface area contributed by atoms with Gasteiger partial charge in [-0.05, 0) is 23.8 Å². The number of nitrogens with one attached hydrogen (secondary N) is 1. The maximum absolute atomic E-state index is 12.3. The minimum absolute atomic E-state index is 0.265. The van der Waals surface area contributed by atoms with E-state index in [0.29, 0.717) is 29.8 Å². The normalized spacial score (nSPS) is 10.7. The van der Waals surface area contributed by atoms with Crippen molar-refractivity contribution < 1.29 is 13.9 Å². The lowest BCUT2D eigenvalue weighted by atomic mass is 10.3. The Hall–Kier alpha value is -2.91. The zero-order valence-corrected chi connectivity index (χ0v) is 17.4. The number of rotatable bonds is 9. The molecule has 0 unspecified atom stereocenters. The molecule has 0 radical (unpaired) electrons. The Kier molecular flexibility index (Phi) is 7.20. The van der Waals surface area contributed by atoms with E-state index in [1.165, 1.54) is 11.8 Å². The monoisotopic (exact) mass is 413 g/mol. The third kappa shape index (κ3) is 6.03. The number of hydrogen-bond acceptors (Lipinski definition) is 8. The van der Waals surface area contributed by atoms with Crippen LogP contribution in [-0.2, 0) is 23.6 Å². The van der Waals surface area contributed by atoms with Crippen LogP contribution in [0.3, 0.4) is 0 Å². The second kappa shape index (κ2) is 10.0. The number of thioether (sulfide) groups is 1. The van der Waals surface area contributed by atoms with Crippen LogP contribution in [-0.4, -0.2) is 42.1 Å². The van der Waals surface area contributed by atoms with Gasteiger partial charge < -0.3 is 19.4 Å².